The van der Waals surface area contributed by atoms with E-state index >= 15 is 0 Å². The molecule has 2 rings (SSSR count). The Bertz CT molecular complexity index is 416. The van der Waals surface area contributed by atoms with Gasteiger partial charge in [0.25, 0.3) is 0 Å². The molecule has 0 aromatic carbocycles. The molecular formula is C11H13N3OS. The van der Waals surface area contributed by atoms with Crippen LogP contribution < -0.4 is 0 Å². The lowest BCUT2D eigenvalue weighted by molar-refractivity contribution is -0.125. The zero-order chi connectivity index (χ0) is 11.5. The molecule has 1 fully saturated rings. The van der Waals surface area contributed by atoms with Gasteiger partial charge in [-0.15, -0.1) is 0 Å². The maximum atomic E-state index is 11.6. The number of amides is 1. The fourth-order valence-electron chi connectivity index (χ4n) is 1.50. The van der Waals surface area contributed by atoms with Crippen LogP contribution in [0.1, 0.15) is 13.8 Å². The van der Waals surface area contributed by atoms with Crippen LogP contribution in [0.5, 0.6) is 0 Å². The molecule has 84 valence electrons. The zero-order valence-electron chi connectivity index (χ0n) is 9.25. The summed E-state index contributed by atoms with van der Waals surface area (Å²) in [5.41, 5.74) is 0.783. The van der Waals surface area contributed by atoms with E-state index in [0.29, 0.717) is 5.75 Å². The Hall–Kier alpha value is -1.36. The van der Waals surface area contributed by atoms with Gasteiger partial charge in [0.05, 0.1) is 17.6 Å². The molecule has 16 heavy (non-hydrogen) atoms. The average Bonchev–Trinajstić information content (AvgIpc) is 2.61. The van der Waals surface area contributed by atoms with Crippen LogP contribution in [-0.4, -0.2) is 32.8 Å². The first-order chi connectivity index (χ1) is 7.68. The van der Waals surface area contributed by atoms with Gasteiger partial charge in [0.1, 0.15) is 0 Å². The van der Waals surface area contributed by atoms with Crippen LogP contribution >= 0.6 is 11.8 Å². The Morgan fingerprint density at radius 2 is 2.38 bits per heavy atom. The lowest BCUT2D eigenvalue weighted by atomic mass is 10.3. The fraction of sp³-hybridized carbons (Fsp3) is 0.364. The van der Waals surface area contributed by atoms with Crippen molar-refractivity contribution < 1.29 is 4.79 Å². The molecule has 1 saturated heterocycles. The lowest BCUT2D eigenvalue weighted by Crippen LogP contribution is -2.35. The van der Waals surface area contributed by atoms with Crippen molar-refractivity contribution in [2.75, 3.05) is 5.75 Å². The van der Waals surface area contributed by atoms with E-state index in [1.165, 1.54) is 11.8 Å². The van der Waals surface area contributed by atoms with Crippen LogP contribution in [0, 0.1) is 0 Å². The molecule has 2 heterocycles. The second-order valence-corrected chi connectivity index (χ2v) is 4.69. The first-order valence-electron chi connectivity index (χ1n) is 5.12. The molecule has 1 aromatic rings. The minimum absolute atomic E-state index is 0.127. The summed E-state index contributed by atoms with van der Waals surface area (Å²) in [6.45, 7) is 3.98. The first-order valence-corrected chi connectivity index (χ1v) is 6.10. The summed E-state index contributed by atoms with van der Waals surface area (Å²) in [6.07, 6.45) is 3.39. The van der Waals surface area contributed by atoms with Crippen molar-refractivity contribution in [1.29, 1.82) is 0 Å². The number of pyridine rings is 1. The highest BCUT2D eigenvalue weighted by molar-refractivity contribution is 8.15. The topological polar surface area (TPSA) is 45.6 Å². The van der Waals surface area contributed by atoms with Crippen molar-refractivity contribution in [2.45, 2.75) is 19.9 Å². The number of carbonyl (C=O) groups excluding carboxylic acids is 1. The molecule has 0 unspecified atom stereocenters. The molecule has 1 aromatic heterocycles. The second kappa shape index (κ2) is 4.65. The summed E-state index contributed by atoms with van der Waals surface area (Å²) in [5.74, 6) is 0.611. The van der Waals surface area contributed by atoms with Gasteiger partial charge in [-0.05, 0) is 26.0 Å². The van der Waals surface area contributed by atoms with E-state index in [9.17, 15) is 4.79 Å². The molecule has 0 atom stereocenters. The molecule has 4 nitrogen and oxygen atoms in total. The van der Waals surface area contributed by atoms with Gasteiger partial charge < -0.3 is 0 Å². The third-order valence-corrected chi connectivity index (χ3v) is 3.12. The molecule has 0 radical (unpaired) electrons. The summed E-state index contributed by atoms with van der Waals surface area (Å²) in [5, 5.41) is 0.771. The Morgan fingerprint density at radius 1 is 1.56 bits per heavy atom. The van der Waals surface area contributed by atoms with Gasteiger partial charge in [-0.2, -0.15) is 0 Å². The molecule has 0 bridgehead atoms. The number of carbonyl (C=O) groups is 1. The van der Waals surface area contributed by atoms with Crippen LogP contribution in [0.2, 0.25) is 0 Å². The second-order valence-electron chi connectivity index (χ2n) is 3.75. The molecule has 0 N–H and O–H groups in total. The zero-order valence-corrected chi connectivity index (χ0v) is 10.1. The quantitative estimate of drug-likeness (QED) is 0.788. The standard InChI is InChI=1S/C11H13N3OS/c1-8(2)14-10(15)7-16-11(14)13-9-4-3-5-12-6-9/h3-6,8H,7H2,1-2H3. The van der Waals surface area contributed by atoms with Gasteiger partial charge in [0, 0.05) is 12.2 Å². The Morgan fingerprint density at radius 3 is 3.00 bits per heavy atom. The Labute approximate surface area is 98.8 Å². The highest BCUT2D eigenvalue weighted by Crippen LogP contribution is 2.24. The Balaban J connectivity index is 2.27. The van der Waals surface area contributed by atoms with E-state index in [4.69, 9.17) is 0 Å². The highest BCUT2D eigenvalue weighted by Gasteiger charge is 2.30. The molecule has 1 aliphatic heterocycles. The number of rotatable bonds is 2. The van der Waals surface area contributed by atoms with E-state index in [1.807, 2.05) is 26.0 Å². The first kappa shape index (κ1) is 11.1. The number of thioether (sulfide) groups is 1. The number of aromatic nitrogens is 1. The summed E-state index contributed by atoms with van der Waals surface area (Å²) in [7, 11) is 0. The third kappa shape index (κ3) is 2.24. The number of nitrogens with zero attached hydrogens (tertiary/aromatic N) is 3. The van der Waals surface area contributed by atoms with Crippen LogP contribution in [0.25, 0.3) is 0 Å². The smallest absolute Gasteiger partial charge is 0.239 e. The molecule has 1 amide bonds. The molecule has 0 saturated carbocycles. The van der Waals surface area contributed by atoms with Crippen LogP contribution in [0.3, 0.4) is 0 Å². The van der Waals surface area contributed by atoms with E-state index in [1.54, 1.807) is 17.3 Å². The number of hydrogen-bond acceptors (Lipinski definition) is 4. The molecule has 1 aliphatic rings. The van der Waals surface area contributed by atoms with Gasteiger partial charge in [0.15, 0.2) is 5.17 Å². The van der Waals surface area contributed by atoms with Crippen molar-refractivity contribution in [3.05, 3.63) is 24.5 Å². The lowest BCUT2D eigenvalue weighted by Gasteiger charge is -2.19. The average molecular weight is 235 g/mol. The number of aliphatic imine (C=N–C) groups is 1. The van der Waals surface area contributed by atoms with Gasteiger partial charge in [-0.25, -0.2) is 4.99 Å². The molecule has 5 heteroatoms. The monoisotopic (exact) mass is 235 g/mol. The van der Waals surface area contributed by atoms with Gasteiger partial charge >= 0.3 is 0 Å². The van der Waals surface area contributed by atoms with Crippen LogP contribution in [0.4, 0.5) is 5.69 Å². The summed E-state index contributed by atoms with van der Waals surface area (Å²) in [4.78, 5) is 21.8. The largest absolute Gasteiger partial charge is 0.288 e. The van der Waals surface area contributed by atoms with E-state index < -0.39 is 0 Å². The number of amidine groups is 1. The SMILES string of the molecule is CC(C)N1C(=O)CSC1=Nc1cccnc1. The Kier molecular flexibility index (Phi) is 3.24. The van der Waals surface area contributed by atoms with Crippen LogP contribution in [0.15, 0.2) is 29.5 Å². The predicted molar refractivity (Wildman–Crippen MR) is 65.8 cm³/mol. The van der Waals surface area contributed by atoms with Crippen molar-refractivity contribution >= 4 is 28.5 Å². The van der Waals surface area contributed by atoms with Gasteiger partial charge in [-0.3, -0.25) is 14.7 Å². The van der Waals surface area contributed by atoms with Gasteiger partial charge in [0.2, 0.25) is 5.91 Å². The van der Waals surface area contributed by atoms with Crippen LogP contribution in [-0.2, 0) is 4.79 Å². The fourth-order valence-corrected chi connectivity index (χ4v) is 2.51. The minimum Gasteiger partial charge on any atom is -0.288 e. The van der Waals surface area contributed by atoms with Crippen molar-refractivity contribution in [2.24, 2.45) is 4.99 Å². The predicted octanol–water partition coefficient (Wildman–Crippen LogP) is 2.05. The van der Waals surface area contributed by atoms with Gasteiger partial charge in [-0.1, -0.05) is 11.8 Å². The maximum absolute atomic E-state index is 11.6. The highest BCUT2D eigenvalue weighted by atomic mass is 32.2. The van der Waals surface area contributed by atoms with E-state index in [-0.39, 0.29) is 11.9 Å². The number of hydrogen-bond donors (Lipinski definition) is 0. The summed E-state index contributed by atoms with van der Waals surface area (Å²) >= 11 is 1.48. The molecular weight excluding hydrogens is 222 g/mol. The van der Waals surface area contributed by atoms with Crippen molar-refractivity contribution in [3.63, 3.8) is 0 Å². The third-order valence-electron chi connectivity index (χ3n) is 2.19. The van der Waals surface area contributed by atoms with E-state index in [2.05, 4.69) is 9.98 Å². The summed E-state index contributed by atoms with van der Waals surface area (Å²) < 4.78 is 0. The maximum Gasteiger partial charge on any atom is 0.239 e. The van der Waals surface area contributed by atoms with E-state index in [0.717, 1.165) is 10.9 Å². The van der Waals surface area contributed by atoms with Crippen molar-refractivity contribution in [1.82, 2.24) is 9.88 Å². The summed E-state index contributed by atoms with van der Waals surface area (Å²) in [6, 6.07) is 3.86. The van der Waals surface area contributed by atoms with Crippen molar-refractivity contribution in [3.8, 4) is 0 Å². The molecule has 0 aliphatic carbocycles. The molecule has 0 spiro atoms. The normalized spacial score (nSPS) is 18.8. The minimum atomic E-state index is 0.127.